The number of thiophene rings is 1. The predicted molar refractivity (Wildman–Crippen MR) is 118 cm³/mol. The SMILES string of the molecule is CCc1cc(OC[C@@H]2[C@@H](CCCc3ccc(C(=O)O)s3)[C@@H](Cl)C[C@H]2O)ccc1Cl. The summed E-state index contributed by atoms with van der Waals surface area (Å²) in [6, 6.07) is 9.18. The molecular formula is C22H26Cl2O4S. The Morgan fingerprint density at radius 3 is 2.76 bits per heavy atom. The Morgan fingerprint density at radius 2 is 2.07 bits per heavy atom. The van der Waals surface area contributed by atoms with E-state index in [4.69, 9.17) is 33.0 Å². The number of carboxylic acids is 1. The Morgan fingerprint density at radius 1 is 1.28 bits per heavy atom. The Hall–Kier alpha value is -1.27. The summed E-state index contributed by atoms with van der Waals surface area (Å²) in [5.74, 6) is 0.0290. The summed E-state index contributed by atoms with van der Waals surface area (Å²) >= 11 is 14.0. The van der Waals surface area contributed by atoms with Crippen LogP contribution < -0.4 is 4.74 Å². The third-order valence-electron chi connectivity index (χ3n) is 5.65. The van der Waals surface area contributed by atoms with Gasteiger partial charge in [0.25, 0.3) is 0 Å². The number of aromatic carboxylic acids is 1. The molecule has 1 aromatic heterocycles. The molecule has 29 heavy (non-hydrogen) atoms. The molecule has 1 aliphatic rings. The maximum atomic E-state index is 11.0. The average Bonchev–Trinajstić information content (AvgIpc) is 3.26. The van der Waals surface area contributed by atoms with Gasteiger partial charge in [-0.3, -0.25) is 0 Å². The summed E-state index contributed by atoms with van der Waals surface area (Å²) in [5.41, 5.74) is 1.04. The van der Waals surface area contributed by atoms with Crippen molar-refractivity contribution in [2.75, 3.05) is 6.61 Å². The van der Waals surface area contributed by atoms with Gasteiger partial charge < -0.3 is 14.9 Å². The van der Waals surface area contributed by atoms with Crippen LogP contribution in [0.2, 0.25) is 5.02 Å². The molecule has 1 aromatic carbocycles. The van der Waals surface area contributed by atoms with Crippen molar-refractivity contribution in [1.29, 1.82) is 0 Å². The lowest BCUT2D eigenvalue weighted by molar-refractivity contribution is 0.0701. The number of carboxylic acid groups (broad SMARTS) is 1. The Bertz CT molecular complexity index is 838. The van der Waals surface area contributed by atoms with Crippen molar-refractivity contribution in [3.05, 3.63) is 50.7 Å². The summed E-state index contributed by atoms with van der Waals surface area (Å²) in [4.78, 5) is 12.4. The lowest BCUT2D eigenvalue weighted by atomic mass is 9.90. The molecular weight excluding hydrogens is 431 g/mol. The van der Waals surface area contributed by atoms with Gasteiger partial charge in [0, 0.05) is 21.2 Å². The van der Waals surface area contributed by atoms with Crippen LogP contribution in [0.5, 0.6) is 5.75 Å². The van der Waals surface area contributed by atoms with Gasteiger partial charge in [-0.05, 0) is 73.9 Å². The van der Waals surface area contributed by atoms with Crippen LogP contribution in [0.4, 0.5) is 0 Å². The number of aliphatic hydroxyl groups excluding tert-OH is 1. The van der Waals surface area contributed by atoms with Gasteiger partial charge in [-0.15, -0.1) is 22.9 Å². The zero-order valence-corrected chi connectivity index (χ0v) is 18.6. The van der Waals surface area contributed by atoms with E-state index < -0.39 is 12.1 Å². The van der Waals surface area contributed by atoms with Crippen LogP contribution in [-0.2, 0) is 12.8 Å². The van der Waals surface area contributed by atoms with Gasteiger partial charge in [0.1, 0.15) is 10.6 Å². The van der Waals surface area contributed by atoms with Crippen LogP contribution in [-0.4, -0.2) is 34.3 Å². The smallest absolute Gasteiger partial charge is 0.345 e. The van der Waals surface area contributed by atoms with Crippen molar-refractivity contribution in [2.45, 2.75) is 50.5 Å². The molecule has 1 heterocycles. The van der Waals surface area contributed by atoms with Gasteiger partial charge in [-0.1, -0.05) is 18.5 Å². The van der Waals surface area contributed by atoms with E-state index in [1.807, 2.05) is 31.2 Å². The van der Waals surface area contributed by atoms with E-state index in [1.165, 1.54) is 11.3 Å². The topological polar surface area (TPSA) is 66.8 Å². The van der Waals surface area contributed by atoms with E-state index >= 15 is 0 Å². The molecule has 2 aromatic rings. The van der Waals surface area contributed by atoms with Crippen LogP contribution in [0.25, 0.3) is 0 Å². The molecule has 0 saturated heterocycles. The van der Waals surface area contributed by atoms with Crippen LogP contribution in [0.3, 0.4) is 0 Å². The van der Waals surface area contributed by atoms with Crippen LogP contribution in [0.1, 0.15) is 46.3 Å². The van der Waals surface area contributed by atoms with Gasteiger partial charge >= 0.3 is 5.97 Å². The van der Waals surface area contributed by atoms with Crippen molar-refractivity contribution in [3.8, 4) is 5.75 Å². The highest BCUT2D eigenvalue weighted by Crippen LogP contribution is 2.40. The second-order valence-corrected chi connectivity index (χ2v) is 9.66. The molecule has 1 aliphatic carbocycles. The number of rotatable bonds is 9. The van der Waals surface area contributed by atoms with E-state index in [-0.39, 0.29) is 17.2 Å². The molecule has 7 heteroatoms. The first-order valence-electron chi connectivity index (χ1n) is 9.94. The predicted octanol–water partition coefficient (Wildman–Crippen LogP) is 5.67. The van der Waals surface area contributed by atoms with Gasteiger partial charge in [0.05, 0.1) is 12.7 Å². The highest BCUT2D eigenvalue weighted by Gasteiger charge is 2.41. The standard InChI is InChI=1S/C22H26Cl2O4S/c1-2-13-10-14(6-8-18(13)23)28-12-17-16(19(24)11-20(17)25)5-3-4-15-7-9-21(29-15)22(26)27/h6-10,16-17,19-20,25H,2-5,11-12H2,1H3,(H,26,27)/t16-,17-,19+,20-/m1/s1. The summed E-state index contributed by atoms with van der Waals surface area (Å²) < 4.78 is 5.99. The van der Waals surface area contributed by atoms with Crippen LogP contribution in [0, 0.1) is 11.8 Å². The van der Waals surface area contributed by atoms with Crippen LogP contribution in [0.15, 0.2) is 30.3 Å². The van der Waals surface area contributed by atoms with Crippen molar-refractivity contribution >= 4 is 40.5 Å². The molecule has 4 nitrogen and oxygen atoms in total. The van der Waals surface area contributed by atoms with Gasteiger partial charge in [0.15, 0.2) is 0 Å². The maximum absolute atomic E-state index is 11.0. The molecule has 0 bridgehead atoms. The molecule has 0 unspecified atom stereocenters. The second kappa shape index (κ2) is 10.2. The van der Waals surface area contributed by atoms with E-state index in [2.05, 4.69) is 0 Å². The monoisotopic (exact) mass is 456 g/mol. The molecule has 158 valence electrons. The summed E-state index contributed by atoms with van der Waals surface area (Å²) in [5, 5.41) is 20.2. The summed E-state index contributed by atoms with van der Waals surface area (Å²) in [7, 11) is 0. The third kappa shape index (κ3) is 5.66. The molecule has 4 atom stereocenters. The fourth-order valence-corrected chi connectivity index (χ4v) is 5.64. The highest BCUT2D eigenvalue weighted by atomic mass is 35.5. The van der Waals surface area contributed by atoms with Gasteiger partial charge in [0.2, 0.25) is 0 Å². The second-order valence-electron chi connectivity index (χ2n) is 7.53. The molecule has 1 fully saturated rings. The zero-order chi connectivity index (χ0) is 21.0. The lowest BCUT2D eigenvalue weighted by Crippen LogP contribution is -2.27. The van der Waals surface area contributed by atoms with E-state index in [9.17, 15) is 9.90 Å². The van der Waals surface area contributed by atoms with Gasteiger partial charge in [-0.2, -0.15) is 0 Å². The number of alkyl halides is 1. The maximum Gasteiger partial charge on any atom is 0.345 e. The molecule has 0 aliphatic heterocycles. The fraction of sp³-hybridized carbons (Fsp3) is 0.500. The first-order chi connectivity index (χ1) is 13.9. The molecule has 0 spiro atoms. The fourth-order valence-electron chi connectivity index (χ4n) is 4.01. The number of ether oxygens (including phenoxy) is 1. The van der Waals surface area contributed by atoms with Crippen molar-refractivity contribution in [3.63, 3.8) is 0 Å². The van der Waals surface area contributed by atoms with Crippen molar-refractivity contribution < 1.29 is 19.7 Å². The minimum Gasteiger partial charge on any atom is -0.493 e. The number of aryl methyl sites for hydroxylation is 2. The minimum absolute atomic E-state index is 0.0174. The molecule has 0 radical (unpaired) electrons. The zero-order valence-electron chi connectivity index (χ0n) is 16.3. The largest absolute Gasteiger partial charge is 0.493 e. The average molecular weight is 457 g/mol. The van der Waals surface area contributed by atoms with Crippen molar-refractivity contribution in [2.24, 2.45) is 11.8 Å². The van der Waals surface area contributed by atoms with Crippen molar-refractivity contribution in [1.82, 2.24) is 0 Å². The molecule has 0 amide bonds. The Kier molecular flexibility index (Phi) is 7.85. The Labute approximate surface area is 185 Å². The number of halogens is 2. The third-order valence-corrected chi connectivity index (χ3v) is 7.65. The van der Waals surface area contributed by atoms with E-state index in [0.29, 0.717) is 17.9 Å². The first-order valence-corrected chi connectivity index (χ1v) is 11.6. The molecule has 2 N–H and O–H groups in total. The summed E-state index contributed by atoms with van der Waals surface area (Å²) in [6.07, 6.45) is 3.53. The molecule has 1 saturated carbocycles. The number of carbonyl (C=O) groups is 1. The number of hydrogen-bond donors (Lipinski definition) is 2. The number of hydrogen-bond acceptors (Lipinski definition) is 4. The quantitative estimate of drug-likeness (QED) is 0.477. The van der Waals surface area contributed by atoms with Gasteiger partial charge in [-0.25, -0.2) is 4.79 Å². The Balaban J connectivity index is 1.56. The first kappa shape index (κ1) is 22.4. The number of aliphatic hydroxyl groups is 1. The summed E-state index contributed by atoms with van der Waals surface area (Å²) in [6.45, 7) is 2.47. The molecule has 3 rings (SSSR count). The minimum atomic E-state index is -0.883. The highest BCUT2D eigenvalue weighted by molar-refractivity contribution is 7.13. The normalized spacial score (nSPS) is 24.0. The van der Waals surface area contributed by atoms with Crippen LogP contribution >= 0.6 is 34.5 Å². The number of benzene rings is 1. The van der Waals surface area contributed by atoms with E-state index in [1.54, 1.807) is 6.07 Å². The van der Waals surface area contributed by atoms with E-state index in [0.717, 1.165) is 46.9 Å². The lowest BCUT2D eigenvalue weighted by Gasteiger charge is -2.24.